The Balaban J connectivity index is 2.20. The number of hydrogen-bond donors (Lipinski definition) is 1. The zero-order valence-corrected chi connectivity index (χ0v) is 29.4. The van der Waals surface area contributed by atoms with Crippen LogP contribution >= 0.6 is 58.4 Å². The number of ether oxygens (including phenoxy) is 2. The van der Waals surface area contributed by atoms with E-state index >= 15 is 0 Å². The summed E-state index contributed by atoms with van der Waals surface area (Å²) in [5, 5.41) is 10.7. The summed E-state index contributed by atoms with van der Waals surface area (Å²) in [6.45, 7) is 9.56. The van der Waals surface area contributed by atoms with Crippen LogP contribution in [-0.2, 0) is 19.1 Å². The lowest BCUT2D eigenvalue weighted by Gasteiger charge is -2.39. The van der Waals surface area contributed by atoms with Crippen molar-refractivity contribution in [3.63, 3.8) is 0 Å². The molecule has 2 unspecified atom stereocenters. The van der Waals surface area contributed by atoms with Crippen LogP contribution in [0.15, 0.2) is 45.1 Å². The maximum Gasteiger partial charge on any atom is 0.316 e. The molecule has 1 heterocycles. The summed E-state index contributed by atoms with van der Waals surface area (Å²) in [7, 11) is 0. The van der Waals surface area contributed by atoms with Gasteiger partial charge in [-0.05, 0) is 82.3 Å². The molecule has 7 nitrogen and oxygen atoms in total. The van der Waals surface area contributed by atoms with Crippen LogP contribution < -0.4 is 4.74 Å². The molecule has 42 heavy (non-hydrogen) atoms. The highest BCUT2D eigenvalue weighted by atomic mass is 32.2. The zero-order valence-electron chi connectivity index (χ0n) is 25.3. The summed E-state index contributed by atoms with van der Waals surface area (Å²) in [4.78, 5) is 46.0. The number of aliphatic hydroxyl groups is 1. The topological polar surface area (TPSA) is 103 Å². The van der Waals surface area contributed by atoms with Gasteiger partial charge >= 0.3 is 11.9 Å². The molecule has 2 aromatic rings. The lowest BCUT2D eigenvalue weighted by Crippen LogP contribution is -2.44. The van der Waals surface area contributed by atoms with Crippen LogP contribution in [0.2, 0.25) is 0 Å². The Morgan fingerprint density at radius 3 is 2.17 bits per heavy atom. The Labute approximate surface area is 271 Å². The first-order valence-corrected chi connectivity index (χ1v) is 19.0. The molecule has 1 aromatic carbocycles. The lowest BCUT2D eigenvalue weighted by atomic mass is 9.65. The molecule has 0 fully saturated rings. The van der Waals surface area contributed by atoms with E-state index in [9.17, 15) is 14.4 Å². The molecule has 1 aromatic heterocycles. The zero-order chi connectivity index (χ0) is 31.2. The molecule has 0 aliphatic rings. The van der Waals surface area contributed by atoms with Crippen molar-refractivity contribution in [3.05, 3.63) is 35.8 Å². The van der Waals surface area contributed by atoms with Crippen LogP contribution in [0.4, 0.5) is 0 Å². The third-order valence-electron chi connectivity index (χ3n) is 6.86. The molecule has 2 rings (SSSR count). The van der Waals surface area contributed by atoms with Gasteiger partial charge in [-0.2, -0.15) is 23.5 Å². The number of aliphatic hydroxyl groups excluding tert-OH is 1. The number of esters is 2. The van der Waals surface area contributed by atoms with Gasteiger partial charge in [0.05, 0.1) is 17.4 Å². The molecule has 0 amide bonds. The van der Waals surface area contributed by atoms with Gasteiger partial charge in [-0.1, -0.05) is 13.8 Å². The lowest BCUT2D eigenvalue weighted by molar-refractivity contribution is -0.161. The number of hydrogen-bond acceptors (Lipinski definition) is 12. The van der Waals surface area contributed by atoms with Crippen molar-refractivity contribution in [2.24, 2.45) is 16.2 Å². The van der Waals surface area contributed by atoms with E-state index in [0.717, 1.165) is 28.2 Å². The Bertz CT molecular complexity index is 1130. The normalized spacial score (nSPS) is 14.5. The minimum atomic E-state index is -1.13. The minimum absolute atomic E-state index is 0.0656. The summed E-state index contributed by atoms with van der Waals surface area (Å²) in [6.07, 6.45) is 4.52. The molecule has 12 heteroatoms. The van der Waals surface area contributed by atoms with Gasteiger partial charge in [-0.25, -0.2) is 4.98 Å². The third kappa shape index (κ3) is 11.7. The number of carbonyl (C=O) groups is 3. The van der Waals surface area contributed by atoms with Crippen LogP contribution in [0.1, 0.15) is 53.9 Å². The fourth-order valence-corrected chi connectivity index (χ4v) is 8.33. The summed E-state index contributed by atoms with van der Waals surface area (Å²) in [6, 6.07) is 7.30. The SMILES string of the molecule is CCC(C)(CC(C)(CC(C)(C)C(=O)Oc1ccc(SC)cc1)C(=O)OCCSCCSCCO)C(=O)Sc1nccs1. The van der Waals surface area contributed by atoms with E-state index in [2.05, 4.69) is 4.98 Å². The average molecular weight is 674 g/mol. The molecule has 0 spiro atoms. The van der Waals surface area contributed by atoms with Crippen molar-refractivity contribution in [2.75, 3.05) is 42.5 Å². The molecule has 234 valence electrons. The number of rotatable bonds is 19. The van der Waals surface area contributed by atoms with Gasteiger partial charge in [-0.15, -0.1) is 23.1 Å². The van der Waals surface area contributed by atoms with Gasteiger partial charge in [-0.3, -0.25) is 14.4 Å². The van der Waals surface area contributed by atoms with Gasteiger partial charge in [0, 0.05) is 44.9 Å². The maximum absolute atomic E-state index is 13.8. The molecule has 0 saturated carbocycles. The van der Waals surface area contributed by atoms with Crippen molar-refractivity contribution < 1.29 is 29.0 Å². The highest BCUT2D eigenvalue weighted by Crippen LogP contribution is 2.48. The first kappa shape index (κ1) is 37.0. The van der Waals surface area contributed by atoms with E-state index < -0.39 is 28.2 Å². The van der Waals surface area contributed by atoms with Crippen LogP contribution in [-0.4, -0.2) is 69.6 Å². The molecule has 0 bridgehead atoms. The van der Waals surface area contributed by atoms with E-state index in [-0.39, 0.29) is 31.2 Å². The van der Waals surface area contributed by atoms with Crippen LogP contribution in [0.5, 0.6) is 5.75 Å². The summed E-state index contributed by atoms with van der Waals surface area (Å²) in [5.74, 6) is 2.74. The molecule has 0 saturated heterocycles. The van der Waals surface area contributed by atoms with Crippen molar-refractivity contribution in [1.82, 2.24) is 4.98 Å². The average Bonchev–Trinajstić information content (AvgIpc) is 3.47. The molecule has 0 aliphatic carbocycles. The highest BCUT2D eigenvalue weighted by Gasteiger charge is 2.49. The third-order valence-corrected chi connectivity index (χ3v) is 11.8. The Morgan fingerprint density at radius 2 is 1.60 bits per heavy atom. The van der Waals surface area contributed by atoms with Gasteiger partial charge in [0.15, 0.2) is 4.34 Å². The number of thiazole rings is 1. The molecular formula is C30H43NO6S5. The molecule has 1 N–H and O–H groups in total. The van der Waals surface area contributed by atoms with E-state index in [4.69, 9.17) is 14.6 Å². The van der Waals surface area contributed by atoms with E-state index in [0.29, 0.717) is 28.0 Å². The largest absolute Gasteiger partial charge is 0.464 e. The summed E-state index contributed by atoms with van der Waals surface area (Å²) < 4.78 is 12.2. The smallest absolute Gasteiger partial charge is 0.316 e. The molecule has 0 radical (unpaired) electrons. The number of benzene rings is 1. The molecule has 0 aliphatic heterocycles. The summed E-state index contributed by atoms with van der Waals surface area (Å²) in [5.41, 5.74) is -3.02. The first-order chi connectivity index (χ1) is 19.9. The number of carbonyl (C=O) groups excluding carboxylic acids is 3. The van der Waals surface area contributed by atoms with Gasteiger partial charge < -0.3 is 14.6 Å². The minimum Gasteiger partial charge on any atom is -0.464 e. The van der Waals surface area contributed by atoms with Gasteiger partial charge in [0.2, 0.25) is 5.12 Å². The molecule has 2 atom stereocenters. The van der Waals surface area contributed by atoms with Crippen molar-refractivity contribution in [1.29, 1.82) is 0 Å². The van der Waals surface area contributed by atoms with Crippen LogP contribution in [0.25, 0.3) is 0 Å². The van der Waals surface area contributed by atoms with E-state index in [1.807, 2.05) is 37.6 Å². The fourth-order valence-electron chi connectivity index (χ4n) is 4.56. The fraction of sp³-hybridized carbons (Fsp3) is 0.600. The van der Waals surface area contributed by atoms with Crippen molar-refractivity contribution in [3.8, 4) is 5.75 Å². The quantitative estimate of drug-likeness (QED) is 0.0702. The highest BCUT2D eigenvalue weighted by molar-refractivity contribution is 8.15. The van der Waals surface area contributed by atoms with Crippen LogP contribution in [0, 0.1) is 16.2 Å². The Kier molecular flexibility index (Phi) is 15.8. The number of aromatic nitrogens is 1. The predicted molar refractivity (Wildman–Crippen MR) is 179 cm³/mol. The van der Waals surface area contributed by atoms with E-state index in [1.54, 1.807) is 74.4 Å². The Hall–Kier alpha value is -1.18. The second-order valence-corrected chi connectivity index (χ2v) is 16.5. The monoisotopic (exact) mass is 673 g/mol. The second kappa shape index (κ2) is 17.9. The van der Waals surface area contributed by atoms with Crippen molar-refractivity contribution in [2.45, 2.75) is 63.1 Å². The maximum atomic E-state index is 13.8. The predicted octanol–water partition coefficient (Wildman–Crippen LogP) is 7.32. The van der Waals surface area contributed by atoms with Crippen LogP contribution in [0.3, 0.4) is 0 Å². The standard InChI is InChI=1S/C30H43NO6S5/c1-7-29(4,26(35)42-27-31-12-15-41-27)21-30(5,25(34)36-14-17-40-19-18-39-16-13-32)20-28(2,3)24(33)37-22-8-10-23(38-6)11-9-22/h8-12,15,32H,7,13-14,16-21H2,1-6H3. The van der Waals surface area contributed by atoms with Gasteiger partial charge in [0.1, 0.15) is 12.4 Å². The van der Waals surface area contributed by atoms with Crippen molar-refractivity contribution >= 4 is 75.4 Å². The first-order valence-electron chi connectivity index (χ1n) is 13.8. The second-order valence-electron chi connectivity index (χ2n) is 11.0. The summed E-state index contributed by atoms with van der Waals surface area (Å²) >= 11 is 7.47. The Morgan fingerprint density at radius 1 is 0.929 bits per heavy atom. The van der Waals surface area contributed by atoms with E-state index in [1.165, 1.54) is 11.3 Å². The number of nitrogens with zero attached hydrogens (tertiary/aromatic N) is 1. The van der Waals surface area contributed by atoms with Gasteiger partial charge in [0.25, 0.3) is 0 Å². The number of thioether (sulfide) groups is 4. The molecular weight excluding hydrogens is 631 g/mol.